The Morgan fingerprint density at radius 2 is 2.33 bits per heavy atom. The molecule has 0 unspecified atom stereocenters. The van der Waals surface area contributed by atoms with Crippen molar-refractivity contribution in [3.8, 4) is 0 Å². The molecule has 4 nitrogen and oxygen atoms in total. The van der Waals surface area contributed by atoms with Crippen LogP contribution in [-0.2, 0) is 4.79 Å². The molecule has 2 rings (SSSR count). The predicted molar refractivity (Wildman–Crippen MR) is 57.4 cm³/mol. The van der Waals surface area contributed by atoms with E-state index in [2.05, 4.69) is 9.97 Å². The Labute approximate surface area is 89.7 Å². The van der Waals surface area contributed by atoms with Crippen molar-refractivity contribution in [3.05, 3.63) is 18.2 Å². The minimum atomic E-state index is 0.271. The fourth-order valence-electron chi connectivity index (χ4n) is 2.13. The Hall–Kier alpha value is -1.32. The number of piperidine rings is 1. The van der Waals surface area contributed by atoms with Crippen molar-refractivity contribution in [1.82, 2.24) is 14.9 Å². The van der Waals surface area contributed by atoms with Crippen LogP contribution >= 0.6 is 0 Å². The molecule has 0 aromatic carbocycles. The summed E-state index contributed by atoms with van der Waals surface area (Å²) in [5.74, 6) is 1.84. The van der Waals surface area contributed by atoms with E-state index in [0.717, 1.165) is 31.8 Å². The smallest absolute Gasteiger partial charge is 0.222 e. The van der Waals surface area contributed by atoms with E-state index < -0.39 is 0 Å². The van der Waals surface area contributed by atoms with E-state index in [1.807, 2.05) is 18.0 Å². The zero-order valence-corrected chi connectivity index (χ0v) is 9.07. The van der Waals surface area contributed by atoms with Crippen LogP contribution in [0.2, 0.25) is 0 Å². The first-order valence-electron chi connectivity index (χ1n) is 5.58. The monoisotopic (exact) mass is 207 g/mol. The number of H-pyrrole nitrogens is 1. The number of nitrogens with one attached hydrogen (secondary N) is 1. The van der Waals surface area contributed by atoms with Gasteiger partial charge in [0.15, 0.2) is 0 Å². The minimum absolute atomic E-state index is 0.271. The molecule has 1 aliphatic rings. The molecule has 1 aromatic rings. The quantitative estimate of drug-likeness (QED) is 0.799. The molecule has 1 amide bonds. The Morgan fingerprint density at radius 1 is 1.60 bits per heavy atom. The third-order valence-corrected chi connectivity index (χ3v) is 3.06. The highest BCUT2D eigenvalue weighted by Crippen LogP contribution is 2.25. The summed E-state index contributed by atoms with van der Waals surface area (Å²) in [7, 11) is 0. The number of imidazole rings is 1. The Bertz CT molecular complexity index is 313. The average Bonchev–Trinajstić information content (AvgIpc) is 2.82. The van der Waals surface area contributed by atoms with Gasteiger partial charge in [-0.2, -0.15) is 0 Å². The number of carbonyl (C=O) groups is 1. The normalized spacial score (nSPS) is 18.1. The molecule has 82 valence electrons. The Kier molecular flexibility index (Phi) is 3.04. The number of nitrogens with zero attached hydrogens (tertiary/aromatic N) is 2. The second-order valence-corrected chi connectivity index (χ2v) is 3.98. The first kappa shape index (κ1) is 10.2. The van der Waals surface area contributed by atoms with E-state index in [1.54, 1.807) is 6.20 Å². The van der Waals surface area contributed by atoms with Crippen molar-refractivity contribution >= 4 is 5.91 Å². The van der Waals surface area contributed by atoms with Crippen molar-refractivity contribution < 1.29 is 4.79 Å². The van der Waals surface area contributed by atoms with Gasteiger partial charge in [0.2, 0.25) is 5.91 Å². The summed E-state index contributed by atoms with van der Waals surface area (Å²) in [4.78, 5) is 20.8. The molecule has 2 heterocycles. The number of likely N-dealkylation sites (tertiary alicyclic amines) is 1. The van der Waals surface area contributed by atoms with Crippen molar-refractivity contribution in [2.75, 3.05) is 13.1 Å². The summed E-state index contributed by atoms with van der Waals surface area (Å²) in [5.41, 5.74) is 0. The fraction of sp³-hybridized carbons (Fsp3) is 0.636. The van der Waals surface area contributed by atoms with Gasteiger partial charge >= 0.3 is 0 Å². The van der Waals surface area contributed by atoms with Crippen LogP contribution in [0.3, 0.4) is 0 Å². The lowest BCUT2D eigenvalue weighted by Crippen LogP contribution is -2.37. The molecular weight excluding hydrogens is 190 g/mol. The number of aromatic amines is 1. The molecule has 15 heavy (non-hydrogen) atoms. The van der Waals surface area contributed by atoms with E-state index in [4.69, 9.17) is 0 Å². The first-order chi connectivity index (χ1) is 7.31. The SMILES string of the molecule is CCC(=O)N1CCC(c2ncc[nH]2)CC1. The highest BCUT2D eigenvalue weighted by Gasteiger charge is 2.23. The van der Waals surface area contributed by atoms with E-state index in [-0.39, 0.29) is 5.91 Å². The van der Waals surface area contributed by atoms with Crippen molar-refractivity contribution in [1.29, 1.82) is 0 Å². The van der Waals surface area contributed by atoms with Crippen molar-refractivity contribution in [2.24, 2.45) is 0 Å². The van der Waals surface area contributed by atoms with Crippen LogP contribution < -0.4 is 0 Å². The zero-order valence-electron chi connectivity index (χ0n) is 9.07. The number of hydrogen-bond donors (Lipinski definition) is 1. The van der Waals surface area contributed by atoms with Gasteiger partial charge in [-0.15, -0.1) is 0 Å². The molecule has 0 saturated carbocycles. The molecule has 1 aromatic heterocycles. The predicted octanol–water partition coefficient (Wildman–Crippen LogP) is 1.53. The minimum Gasteiger partial charge on any atom is -0.348 e. The summed E-state index contributed by atoms with van der Waals surface area (Å²) in [6, 6.07) is 0. The van der Waals surface area contributed by atoms with Crippen LogP contribution in [0.1, 0.15) is 37.9 Å². The van der Waals surface area contributed by atoms with Gasteiger partial charge < -0.3 is 9.88 Å². The van der Waals surface area contributed by atoms with Crippen LogP contribution in [0.4, 0.5) is 0 Å². The van der Waals surface area contributed by atoms with E-state index in [0.29, 0.717) is 12.3 Å². The average molecular weight is 207 g/mol. The second kappa shape index (κ2) is 4.47. The Morgan fingerprint density at radius 3 is 2.87 bits per heavy atom. The van der Waals surface area contributed by atoms with Gasteiger partial charge in [0.05, 0.1) is 0 Å². The molecule has 1 aliphatic heterocycles. The first-order valence-corrected chi connectivity index (χ1v) is 5.58. The molecule has 0 aliphatic carbocycles. The van der Waals surface area contributed by atoms with Gasteiger partial charge in [-0.3, -0.25) is 4.79 Å². The molecule has 1 N–H and O–H groups in total. The lowest BCUT2D eigenvalue weighted by atomic mass is 9.96. The number of carbonyl (C=O) groups excluding carboxylic acids is 1. The molecular formula is C11H17N3O. The van der Waals surface area contributed by atoms with Crippen LogP contribution in [0.15, 0.2) is 12.4 Å². The van der Waals surface area contributed by atoms with Crippen molar-refractivity contribution in [3.63, 3.8) is 0 Å². The lowest BCUT2D eigenvalue weighted by Gasteiger charge is -2.30. The topological polar surface area (TPSA) is 49.0 Å². The molecule has 0 atom stereocenters. The molecule has 4 heteroatoms. The second-order valence-electron chi connectivity index (χ2n) is 3.98. The number of rotatable bonds is 2. The van der Waals surface area contributed by atoms with Crippen LogP contribution in [0.25, 0.3) is 0 Å². The third kappa shape index (κ3) is 2.19. The van der Waals surface area contributed by atoms with Gasteiger partial charge in [-0.05, 0) is 12.8 Å². The zero-order chi connectivity index (χ0) is 10.7. The highest BCUT2D eigenvalue weighted by atomic mass is 16.2. The Balaban J connectivity index is 1.90. The standard InChI is InChI=1S/C11H17N3O/c1-2-10(15)14-7-3-9(4-8-14)11-12-5-6-13-11/h5-6,9H,2-4,7-8H2,1H3,(H,12,13). The summed E-state index contributed by atoms with van der Waals surface area (Å²) < 4.78 is 0. The van der Waals surface area contributed by atoms with E-state index >= 15 is 0 Å². The summed E-state index contributed by atoms with van der Waals surface area (Å²) in [6.07, 6.45) is 6.32. The maximum atomic E-state index is 11.5. The number of amides is 1. The summed E-state index contributed by atoms with van der Waals surface area (Å²) in [6.45, 7) is 3.66. The third-order valence-electron chi connectivity index (χ3n) is 3.06. The molecule has 0 radical (unpaired) electrons. The van der Waals surface area contributed by atoms with Gasteiger partial charge in [0.1, 0.15) is 5.82 Å². The largest absolute Gasteiger partial charge is 0.348 e. The van der Waals surface area contributed by atoms with E-state index in [9.17, 15) is 4.79 Å². The maximum Gasteiger partial charge on any atom is 0.222 e. The van der Waals surface area contributed by atoms with E-state index in [1.165, 1.54) is 0 Å². The lowest BCUT2D eigenvalue weighted by molar-refractivity contribution is -0.131. The summed E-state index contributed by atoms with van der Waals surface area (Å²) in [5, 5.41) is 0. The summed E-state index contributed by atoms with van der Waals surface area (Å²) >= 11 is 0. The van der Waals surface area contributed by atoms with Crippen LogP contribution in [-0.4, -0.2) is 33.9 Å². The highest BCUT2D eigenvalue weighted by molar-refractivity contribution is 5.75. The number of hydrogen-bond acceptors (Lipinski definition) is 2. The van der Waals surface area contributed by atoms with Gasteiger partial charge in [0.25, 0.3) is 0 Å². The van der Waals surface area contributed by atoms with Crippen molar-refractivity contribution in [2.45, 2.75) is 32.1 Å². The van der Waals surface area contributed by atoms with Crippen LogP contribution in [0.5, 0.6) is 0 Å². The molecule has 0 spiro atoms. The number of aromatic nitrogens is 2. The fourth-order valence-corrected chi connectivity index (χ4v) is 2.13. The van der Waals surface area contributed by atoms with Crippen LogP contribution in [0, 0.1) is 0 Å². The van der Waals surface area contributed by atoms with Gasteiger partial charge in [-0.1, -0.05) is 6.92 Å². The molecule has 0 bridgehead atoms. The van der Waals surface area contributed by atoms with Gasteiger partial charge in [0, 0.05) is 37.8 Å². The maximum absolute atomic E-state index is 11.5. The van der Waals surface area contributed by atoms with Gasteiger partial charge in [-0.25, -0.2) is 4.98 Å². The molecule has 1 fully saturated rings. The molecule has 1 saturated heterocycles.